The van der Waals surface area contributed by atoms with Crippen LogP contribution in [0.5, 0.6) is 0 Å². The summed E-state index contributed by atoms with van der Waals surface area (Å²) in [5, 5.41) is 0. The highest BCUT2D eigenvalue weighted by Crippen LogP contribution is 2.28. The molecule has 0 N–H and O–H groups in total. The van der Waals surface area contributed by atoms with E-state index in [2.05, 4.69) is 64.4 Å². The lowest BCUT2D eigenvalue weighted by molar-refractivity contribution is -0.911. The second-order valence-corrected chi connectivity index (χ2v) is 10.1. The lowest BCUT2D eigenvalue weighted by Crippen LogP contribution is -3.00. The van der Waals surface area contributed by atoms with Gasteiger partial charge in [0.05, 0.1) is 20.6 Å². The van der Waals surface area contributed by atoms with Crippen molar-refractivity contribution < 1.29 is 21.7 Å². The Morgan fingerprint density at radius 1 is 0.758 bits per heavy atom. The molecule has 0 aliphatic carbocycles. The maximum absolute atomic E-state index is 13.2. The number of nitrogens with zero attached hydrogens (tertiary/aromatic N) is 1. The van der Waals surface area contributed by atoms with Gasteiger partial charge in [-0.25, -0.2) is 0 Å². The average Bonchev–Trinajstić information content (AvgIpc) is 2.77. The van der Waals surface area contributed by atoms with Crippen molar-refractivity contribution in [2.45, 2.75) is 116 Å². The van der Waals surface area contributed by atoms with E-state index in [1.165, 1.54) is 82.6 Å². The number of hydrogen-bond donors (Lipinski definition) is 0. The fourth-order valence-electron chi connectivity index (χ4n) is 4.83. The van der Waals surface area contributed by atoms with Crippen molar-refractivity contribution in [3.8, 4) is 0 Å². The predicted octanol–water partition coefficient (Wildman–Crippen LogP) is 5.82. The van der Waals surface area contributed by atoms with Crippen molar-refractivity contribution in [3.63, 3.8) is 0 Å². The molecule has 1 aromatic rings. The van der Waals surface area contributed by atoms with Crippen LogP contribution >= 0.6 is 0 Å². The highest BCUT2D eigenvalue weighted by atomic mass is 35.5. The summed E-state index contributed by atoms with van der Waals surface area (Å²) in [5.41, 5.74) is 1.17. The molecule has 0 saturated heterocycles. The lowest BCUT2D eigenvalue weighted by atomic mass is 9.95. The summed E-state index contributed by atoms with van der Waals surface area (Å²) in [4.78, 5) is 13.2. The zero-order valence-electron chi connectivity index (χ0n) is 22.2. The molecule has 33 heavy (non-hydrogen) atoms. The number of likely N-dealkylation sites (N-methyl/N-ethyl adjacent to an activating group) is 1. The van der Waals surface area contributed by atoms with Crippen LogP contribution in [0.15, 0.2) is 42.5 Å². The number of allylic oxidation sites excluding steroid dienone is 2. The fraction of sp³-hybridized carbons (Fsp3) is 0.700. The molecule has 0 bridgehead atoms. The molecule has 0 spiro atoms. The summed E-state index contributed by atoms with van der Waals surface area (Å²) in [6.45, 7) is 5.51. The van der Waals surface area contributed by atoms with E-state index < -0.39 is 0 Å². The van der Waals surface area contributed by atoms with E-state index in [9.17, 15) is 4.79 Å². The minimum absolute atomic E-state index is 0. The average molecular weight is 478 g/mol. The molecule has 1 atom stereocenters. The van der Waals surface area contributed by atoms with Crippen molar-refractivity contribution in [2.75, 3.05) is 20.6 Å². The zero-order chi connectivity index (χ0) is 23.5. The second kappa shape index (κ2) is 20.3. The topological polar surface area (TPSA) is 17.1 Å². The summed E-state index contributed by atoms with van der Waals surface area (Å²) in [6.07, 6.45) is 23.4. The molecular formula is C30H52ClNO. The SMILES string of the molecule is CCCCCCCC/C=C\CCCCCCCC(=O)C(c1ccccc1)[N+](C)(C)CCC.[Cl-]. The van der Waals surface area contributed by atoms with E-state index in [4.69, 9.17) is 0 Å². The third-order valence-corrected chi connectivity index (χ3v) is 6.60. The number of carbonyl (C=O) groups is 1. The Morgan fingerprint density at radius 3 is 1.82 bits per heavy atom. The monoisotopic (exact) mass is 477 g/mol. The number of hydrogen-bond acceptors (Lipinski definition) is 1. The molecule has 0 radical (unpaired) electrons. The zero-order valence-corrected chi connectivity index (χ0v) is 22.9. The van der Waals surface area contributed by atoms with Crippen LogP contribution in [0.1, 0.15) is 122 Å². The largest absolute Gasteiger partial charge is 1.00 e. The molecule has 0 fully saturated rings. The number of quaternary nitrogens is 1. The predicted molar refractivity (Wildman–Crippen MR) is 141 cm³/mol. The summed E-state index contributed by atoms with van der Waals surface area (Å²) in [7, 11) is 4.41. The number of carbonyl (C=O) groups excluding carboxylic acids is 1. The molecule has 1 rings (SSSR count). The molecule has 190 valence electrons. The van der Waals surface area contributed by atoms with Gasteiger partial charge in [-0.2, -0.15) is 0 Å². The summed E-state index contributed by atoms with van der Waals surface area (Å²) in [5.74, 6) is 0.410. The van der Waals surface area contributed by atoms with E-state index in [-0.39, 0.29) is 18.4 Å². The van der Waals surface area contributed by atoms with Crippen LogP contribution < -0.4 is 12.4 Å². The number of benzene rings is 1. The van der Waals surface area contributed by atoms with Gasteiger partial charge in [-0.3, -0.25) is 4.79 Å². The Hall–Kier alpha value is -1.12. The van der Waals surface area contributed by atoms with Crippen LogP contribution in [0.25, 0.3) is 0 Å². The second-order valence-electron chi connectivity index (χ2n) is 10.1. The summed E-state index contributed by atoms with van der Waals surface area (Å²) >= 11 is 0. The molecule has 2 nitrogen and oxygen atoms in total. The van der Waals surface area contributed by atoms with E-state index in [0.29, 0.717) is 12.2 Å². The first-order chi connectivity index (χ1) is 15.5. The molecule has 0 saturated carbocycles. The van der Waals surface area contributed by atoms with E-state index in [0.717, 1.165) is 23.9 Å². The van der Waals surface area contributed by atoms with Gasteiger partial charge in [0.1, 0.15) is 0 Å². The molecule has 0 amide bonds. The highest BCUT2D eigenvalue weighted by Gasteiger charge is 2.34. The molecule has 1 aromatic carbocycles. The lowest BCUT2D eigenvalue weighted by Gasteiger charge is -2.37. The number of rotatable bonds is 20. The summed E-state index contributed by atoms with van der Waals surface area (Å²) in [6, 6.07) is 10.4. The molecular weight excluding hydrogens is 426 g/mol. The first kappa shape index (κ1) is 31.9. The van der Waals surface area contributed by atoms with Crippen molar-refractivity contribution in [2.24, 2.45) is 0 Å². The van der Waals surface area contributed by atoms with Gasteiger partial charge >= 0.3 is 0 Å². The Bertz CT molecular complexity index is 611. The molecule has 0 heterocycles. The van der Waals surface area contributed by atoms with E-state index >= 15 is 0 Å². The van der Waals surface area contributed by atoms with Crippen LogP contribution in [0.3, 0.4) is 0 Å². The van der Waals surface area contributed by atoms with Crippen LogP contribution in [0.4, 0.5) is 0 Å². The first-order valence-electron chi connectivity index (χ1n) is 13.6. The van der Waals surface area contributed by atoms with Gasteiger partial charge in [0.15, 0.2) is 11.8 Å². The first-order valence-corrected chi connectivity index (χ1v) is 13.6. The molecule has 0 aliphatic heterocycles. The number of unbranched alkanes of at least 4 members (excludes halogenated alkanes) is 11. The summed E-state index contributed by atoms with van der Waals surface area (Å²) < 4.78 is 0.754. The normalized spacial score (nSPS) is 12.6. The van der Waals surface area contributed by atoms with Gasteiger partial charge < -0.3 is 16.9 Å². The highest BCUT2D eigenvalue weighted by molar-refractivity contribution is 5.84. The Morgan fingerprint density at radius 2 is 1.27 bits per heavy atom. The van der Waals surface area contributed by atoms with Gasteiger partial charge in [-0.15, -0.1) is 0 Å². The van der Waals surface area contributed by atoms with Crippen molar-refractivity contribution in [3.05, 3.63) is 48.0 Å². The maximum atomic E-state index is 13.2. The van der Waals surface area contributed by atoms with Gasteiger partial charge in [-0.05, 0) is 38.5 Å². The van der Waals surface area contributed by atoms with E-state index in [1.807, 2.05) is 6.07 Å². The van der Waals surface area contributed by atoms with Gasteiger partial charge in [0.2, 0.25) is 0 Å². The van der Waals surface area contributed by atoms with Crippen molar-refractivity contribution in [1.82, 2.24) is 0 Å². The number of ketones is 1. The van der Waals surface area contributed by atoms with Crippen LogP contribution in [-0.4, -0.2) is 30.9 Å². The minimum atomic E-state index is -0.0343. The smallest absolute Gasteiger partial charge is 0.194 e. The maximum Gasteiger partial charge on any atom is 0.194 e. The van der Waals surface area contributed by atoms with Gasteiger partial charge in [-0.1, -0.05) is 108 Å². The Kier molecular flexibility index (Phi) is 19.6. The standard InChI is InChI=1S/C30H52NO.ClH/c1-5-7-8-9-10-11-12-13-14-15-16-17-18-19-23-26-29(32)30(31(3,4)27-6-2)28-24-21-20-22-25-28;/h13-14,20-22,24-25,30H,5-12,15-19,23,26-27H2,1-4H3;1H/q+1;/p-1/b14-13-;. The van der Waals surface area contributed by atoms with E-state index in [1.54, 1.807) is 0 Å². The van der Waals surface area contributed by atoms with Crippen molar-refractivity contribution in [1.29, 1.82) is 0 Å². The Balaban J connectivity index is 0.0000102. The third kappa shape index (κ3) is 14.7. The van der Waals surface area contributed by atoms with Crippen molar-refractivity contribution >= 4 is 5.78 Å². The fourth-order valence-corrected chi connectivity index (χ4v) is 4.83. The molecule has 1 unspecified atom stereocenters. The van der Waals surface area contributed by atoms with Crippen LogP contribution in [0, 0.1) is 0 Å². The molecule has 3 heteroatoms. The van der Waals surface area contributed by atoms with Crippen LogP contribution in [0.2, 0.25) is 0 Å². The van der Waals surface area contributed by atoms with Gasteiger partial charge in [0, 0.05) is 12.0 Å². The molecule has 0 aromatic heterocycles. The van der Waals surface area contributed by atoms with Gasteiger partial charge in [0.25, 0.3) is 0 Å². The minimum Gasteiger partial charge on any atom is -1.00 e. The third-order valence-electron chi connectivity index (χ3n) is 6.60. The number of Topliss-reactive ketones (excluding diaryl/α,β-unsaturated/α-hetero) is 1. The van der Waals surface area contributed by atoms with Crippen LogP contribution in [-0.2, 0) is 4.79 Å². The quantitative estimate of drug-likeness (QED) is 0.131. The Labute approximate surface area is 212 Å². The molecule has 0 aliphatic rings. The number of halogens is 1.